The quantitative estimate of drug-likeness (QED) is 0.416. The van der Waals surface area contributed by atoms with E-state index in [0.717, 1.165) is 64.7 Å². The summed E-state index contributed by atoms with van der Waals surface area (Å²) < 4.78 is 5.66. The number of ether oxygens (including phenoxy) is 1. The molecular weight excluding hydrogens is 456 g/mol. The van der Waals surface area contributed by atoms with Crippen molar-refractivity contribution in [1.29, 1.82) is 0 Å². The lowest BCUT2D eigenvalue weighted by molar-refractivity contribution is -0.137. The zero-order valence-electron chi connectivity index (χ0n) is 21.7. The maximum atomic E-state index is 12.4. The summed E-state index contributed by atoms with van der Waals surface area (Å²) in [6, 6.07) is 10.8. The summed E-state index contributed by atoms with van der Waals surface area (Å²) in [5, 5.41) is 8.79. The number of benzene rings is 1. The number of likely N-dealkylation sites (tertiary alicyclic amines) is 1. The van der Waals surface area contributed by atoms with Gasteiger partial charge in [0, 0.05) is 52.2 Å². The summed E-state index contributed by atoms with van der Waals surface area (Å²) in [7, 11) is 0. The van der Waals surface area contributed by atoms with Crippen molar-refractivity contribution in [1.82, 2.24) is 19.6 Å². The molecule has 36 heavy (non-hydrogen) atoms. The van der Waals surface area contributed by atoms with Gasteiger partial charge in [-0.1, -0.05) is 43.2 Å². The number of hydrogen-bond acceptors (Lipinski definition) is 6. The number of hydrogen-bond donors (Lipinski definition) is 1. The van der Waals surface area contributed by atoms with Crippen molar-refractivity contribution in [2.24, 2.45) is 5.92 Å². The lowest BCUT2D eigenvalue weighted by atomic mass is 9.91. The Morgan fingerprint density at radius 3 is 2.33 bits per heavy atom. The van der Waals surface area contributed by atoms with Crippen molar-refractivity contribution in [3.63, 3.8) is 0 Å². The number of nitrogens with zero attached hydrogens (tertiary/aromatic N) is 4. The second-order valence-corrected chi connectivity index (χ2v) is 10.8. The molecule has 1 aromatic rings. The molecule has 8 nitrogen and oxygen atoms in total. The number of unbranched alkanes of at least 4 members (excludes halogenated alkanes) is 1. The van der Waals surface area contributed by atoms with E-state index in [2.05, 4.69) is 45.0 Å². The number of piperidine rings is 1. The molecule has 1 aromatic carbocycles. The first kappa shape index (κ1) is 26.9. The van der Waals surface area contributed by atoms with Crippen molar-refractivity contribution in [2.45, 2.75) is 57.6 Å². The summed E-state index contributed by atoms with van der Waals surface area (Å²) in [6.07, 6.45) is 6.83. The predicted molar refractivity (Wildman–Crippen MR) is 140 cm³/mol. The third kappa shape index (κ3) is 8.75. The molecule has 200 valence electrons. The van der Waals surface area contributed by atoms with Gasteiger partial charge in [0.1, 0.15) is 6.10 Å². The zero-order valence-corrected chi connectivity index (χ0v) is 21.7. The molecule has 0 aliphatic carbocycles. The van der Waals surface area contributed by atoms with E-state index in [1.165, 1.54) is 44.3 Å². The molecule has 8 heteroatoms. The van der Waals surface area contributed by atoms with Crippen LogP contribution >= 0.6 is 0 Å². The lowest BCUT2D eigenvalue weighted by Crippen LogP contribution is -2.49. The fourth-order valence-electron chi connectivity index (χ4n) is 5.80. The van der Waals surface area contributed by atoms with Gasteiger partial charge in [0.05, 0.1) is 6.54 Å². The Morgan fingerprint density at radius 2 is 1.61 bits per heavy atom. The van der Waals surface area contributed by atoms with Gasteiger partial charge >= 0.3 is 12.1 Å². The van der Waals surface area contributed by atoms with Gasteiger partial charge in [-0.25, -0.2) is 4.79 Å². The molecule has 3 aliphatic rings. The Kier molecular flexibility index (Phi) is 10.4. The monoisotopic (exact) mass is 500 g/mol. The van der Waals surface area contributed by atoms with Gasteiger partial charge in [-0.15, -0.1) is 0 Å². The standard InChI is InChI=1S/C28H44N4O4/c33-27(34)10-6-13-29-17-19-31(20-18-29)22-26-23-32(28(35)36-26)14-5-4-7-24-11-15-30(16-12-24)21-25-8-2-1-3-9-25/h1-3,8-9,24,26H,4-7,10-23H2,(H,33,34). The van der Waals surface area contributed by atoms with Crippen LogP contribution in [-0.4, -0.2) is 108 Å². The van der Waals surface area contributed by atoms with Crippen LogP contribution in [0.3, 0.4) is 0 Å². The van der Waals surface area contributed by atoms with Gasteiger partial charge in [-0.3, -0.25) is 14.6 Å². The largest absolute Gasteiger partial charge is 0.481 e. The SMILES string of the molecule is O=C(O)CCCN1CCN(CC2CN(CCCCC3CCN(Cc4ccccc4)CC3)C(=O)O2)CC1. The number of carbonyl (C=O) groups excluding carboxylic acids is 1. The van der Waals surface area contributed by atoms with Gasteiger partial charge in [0.25, 0.3) is 0 Å². The average Bonchev–Trinajstić information content (AvgIpc) is 3.23. The molecular formula is C28H44N4O4. The maximum absolute atomic E-state index is 12.4. The Hall–Kier alpha value is -2.16. The molecule has 0 bridgehead atoms. The van der Waals surface area contributed by atoms with Crippen LogP contribution in [0, 0.1) is 5.92 Å². The third-order valence-electron chi connectivity index (χ3n) is 7.99. The lowest BCUT2D eigenvalue weighted by Gasteiger charge is -2.35. The Bertz CT molecular complexity index is 807. The van der Waals surface area contributed by atoms with E-state index in [9.17, 15) is 9.59 Å². The number of piperazine rings is 1. The second kappa shape index (κ2) is 14.0. The number of amides is 1. The van der Waals surface area contributed by atoms with Gasteiger partial charge in [-0.05, 0) is 56.8 Å². The third-order valence-corrected chi connectivity index (χ3v) is 7.99. The number of cyclic esters (lactones) is 1. The van der Waals surface area contributed by atoms with E-state index in [-0.39, 0.29) is 18.6 Å². The van der Waals surface area contributed by atoms with E-state index in [0.29, 0.717) is 13.0 Å². The predicted octanol–water partition coefficient (Wildman–Crippen LogP) is 3.37. The molecule has 0 radical (unpaired) electrons. The summed E-state index contributed by atoms with van der Waals surface area (Å²) in [5.74, 6) is 0.0965. The number of rotatable bonds is 13. The van der Waals surface area contributed by atoms with Crippen LogP contribution in [0.25, 0.3) is 0 Å². The minimum atomic E-state index is -0.721. The summed E-state index contributed by atoms with van der Waals surface area (Å²) in [5.41, 5.74) is 1.40. The molecule has 0 spiro atoms. The van der Waals surface area contributed by atoms with Crippen LogP contribution in [0.1, 0.15) is 50.5 Å². The minimum Gasteiger partial charge on any atom is -0.481 e. The molecule has 4 rings (SSSR count). The highest BCUT2D eigenvalue weighted by atomic mass is 16.6. The first-order valence-corrected chi connectivity index (χ1v) is 13.9. The fraction of sp³-hybridized carbons (Fsp3) is 0.714. The molecule has 1 N–H and O–H groups in total. The van der Waals surface area contributed by atoms with Crippen LogP contribution < -0.4 is 0 Å². The summed E-state index contributed by atoms with van der Waals surface area (Å²) >= 11 is 0. The van der Waals surface area contributed by atoms with Crippen molar-refractivity contribution in [3.05, 3.63) is 35.9 Å². The first-order valence-electron chi connectivity index (χ1n) is 13.9. The van der Waals surface area contributed by atoms with E-state index in [4.69, 9.17) is 9.84 Å². The van der Waals surface area contributed by atoms with Gasteiger partial charge < -0.3 is 19.6 Å². The van der Waals surface area contributed by atoms with Gasteiger partial charge in [-0.2, -0.15) is 0 Å². The van der Waals surface area contributed by atoms with Crippen LogP contribution in [0.15, 0.2) is 30.3 Å². The average molecular weight is 501 g/mol. The highest BCUT2D eigenvalue weighted by Crippen LogP contribution is 2.24. The van der Waals surface area contributed by atoms with E-state index >= 15 is 0 Å². The smallest absolute Gasteiger partial charge is 0.410 e. The summed E-state index contributed by atoms with van der Waals surface area (Å²) in [4.78, 5) is 32.2. The fourth-order valence-corrected chi connectivity index (χ4v) is 5.80. The molecule has 1 atom stereocenters. The normalized spacial score (nSPS) is 22.7. The van der Waals surface area contributed by atoms with Crippen molar-refractivity contribution < 1.29 is 19.4 Å². The highest BCUT2D eigenvalue weighted by molar-refractivity contribution is 5.69. The molecule has 3 heterocycles. The zero-order chi connectivity index (χ0) is 25.2. The van der Waals surface area contributed by atoms with Crippen molar-refractivity contribution in [2.75, 3.05) is 65.4 Å². The topological polar surface area (TPSA) is 76.6 Å². The molecule has 1 amide bonds. The van der Waals surface area contributed by atoms with E-state index < -0.39 is 5.97 Å². The van der Waals surface area contributed by atoms with Crippen LogP contribution in [0.5, 0.6) is 0 Å². The van der Waals surface area contributed by atoms with Crippen molar-refractivity contribution >= 4 is 12.1 Å². The highest BCUT2D eigenvalue weighted by Gasteiger charge is 2.32. The van der Waals surface area contributed by atoms with Crippen molar-refractivity contribution in [3.8, 4) is 0 Å². The molecule has 3 saturated heterocycles. The number of carboxylic acids is 1. The summed E-state index contributed by atoms with van der Waals surface area (Å²) in [6.45, 7) is 10.4. The molecule has 0 aromatic heterocycles. The van der Waals surface area contributed by atoms with Gasteiger partial charge in [0.2, 0.25) is 0 Å². The Labute approximate surface area is 216 Å². The van der Waals surface area contributed by atoms with Crippen LogP contribution in [0.4, 0.5) is 4.79 Å². The van der Waals surface area contributed by atoms with Gasteiger partial charge in [0.15, 0.2) is 0 Å². The van der Waals surface area contributed by atoms with E-state index in [1.54, 1.807) is 0 Å². The number of carbonyl (C=O) groups is 2. The molecule has 3 aliphatic heterocycles. The minimum absolute atomic E-state index is 0.0370. The number of aliphatic carboxylic acids is 1. The Morgan fingerprint density at radius 1 is 0.889 bits per heavy atom. The van der Waals surface area contributed by atoms with Crippen LogP contribution in [-0.2, 0) is 16.1 Å². The van der Waals surface area contributed by atoms with Crippen LogP contribution in [0.2, 0.25) is 0 Å². The Balaban J connectivity index is 1.04. The molecule has 3 fully saturated rings. The maximum Gasteiger partial charge on any atom is 0.410 e. The molecule has 1 unspecified atom stereocenters. The molecule has 0 saturated carbocycles. The first-order chi connectivity index (χ1) is 17.5. The second-order valence-electron chi connectivity index (χ2n) is 10.8. The number of carboxylic acid groups (broad SMARTS) is 1. The van der Waals surface area contributed by atoms with E-state index in [1.807, 2.05) is 4.90 Å².